The Hall–Kier alpha value is -0.930. The van der Waals surface area contributed by atoms with Gasteiger partial charge in [0.2, 0.25) is 0 Å². The largest absolute Gasteiger partial charge is 0.314 e. The maximum Gasteiger partial charge on any atom is 0.123 e. The zero-order valence-electron chi connectivity index (χ0n) is 12.8. The smallest absolute Gasteiger partial charge is 0.123 e. The summed E-state index contributed by atoms with van der Waals surface area (Å²) in [4.78, 5) is 2.33. The van der Waals surface area contributed by atoms with Crippen molar-refractivity contribution in [3.63, 3.8) is 0 Å². The van der Waals surface area contributed by atoms with Crippen LogP contribution in [-0.2, 0) is 6.54 Å². The van der Waals surface area contributed by atoms with Gasteiger partial charge in [-0.25, -0.2) is 4.39 Å². The van der Waals surface area contributed by atoms with E-state index in [2.05, 4.69) is 24.3 Å². The number of hydrogen-bond donors (Lipinski definition) is 1. The molecule has 1 N–H and O–H groups in total. The predicted molar refractivity (Wildman–Crippen MR) is 82.2 cm³/mol. The zero-order valence-corrected chi connectivity index (χ0v) is 12.8. The van der Waals surface area contributed by atoms with Crippen molar-refractivity contribution in [1.29, 1.82) is 0 Å². The molecule has 0 unspecified atom stereocenters. The molecule has 112 valence electrons. The Balaban J connectivity index is 1.81. The van der Waals surface area contributed by atoms with Crippen molar-refractivity contribution < 1.29 is 4.39 Å². The first-order valence-corrected chi connectivity index (χ1v) is 7.75. The van der Waals surface area contributed by atoms with Gasteiger partial charge in [0.25, 0.3) is 0 Å². The molecule has 0 saturated heterocycles. The highest BCUT2D eigenvalue weighted by Gasteiger charge is 2.29. The van der Waals surface area contributed by atoms with E-state index in [9.17, 15) is 4.39 Å². The fourth-order valence-corrected chi connectivity index (χ4v) is 3.24. The molecule has 0 aromatic heterocycles. The van der Waals surface area contributed by atoms with Crippen molar-refractivity contribution in [2.45, 2.75) is 50.6 Å². The van der Waals surface area contributed by atoms with Crippen LogP contribution in [-0.4, -0.2) is 31.1 Å². The second-order valence-electron chi connectivity index (χ2n) is 6.21. The molecule has 0 aliphatic heterocycles. The van der Waals surface area contributed by atoms with E-state index in [1.165, 1.54) is 44.1 Å². The maximum absolute atomic E-state index is 12.9. The number of hydrogen-bond acceptors (Lipinski definition) is 2. The monoisotopic (exact) mass is 278 g/mol. The maximum atomic E-state index is 12.9. The first-order chi connectivity index (χ1) is 9.63. The topological polar surface area (TPSA) is 15.3 Å². The standard InChI is InChI=1S/C17H27FN2/c1-19-17(10-4-3-5-11-17)12-13-20(2)14-15-6-8-16(18)9-7-15/h6-9,19H,3-5,10-14H2,1-2H3. The molecule has 1 fully saturated rings. The molecule has 2 rings (SSSR count). The van der Waals surface area contributed by atoms with Crippen LogP contribution in [0.4, 0.5) is 4.39 Å². The van der Waals surface area contributed by atoms with Gasteiger partial charge >= 0.3 is 0 Å². The molecule has 0 bridgehead atoms. The summed E-state index contributed by atoms with van der Waals surface area (Å²) in [6, 6.07) is 6.83. The zero-order chi connectivity index (χ0) is 14.4. The lowest BCUT2D eigenvalue weighted by Gasteiger charge is -2.38. The summed E-state index contributed by atoms with van der Waals surface area (Å²) in [6.45, 7) is 1.97. The van der Waals surface area contributed by atoms with Crippen LogP contribution in [0.5, 0.6) is 0 Å². The number of rotatable bonds is 6. The van der Waals surface area contributed by atoms with E-state index in [0.29, 0.717) is 5.54 Å². The molecule has 1 aromatic carbocycles. The molecule has 1 aliphatic carbocycles. The fourth-order valence-electron chi connectivity index (χ4n) is 3.24. The van der Waals surface area contributed by atoms with E-state index in [1.54, 1.807) is 12.1 Å². The van der Waals surface area contributed by atoms with E-state index >= 15 is 0 Å². The summed E-state index contributed by atoms with van der Waals surface area (Å²) in [7, 11) is 4.25. The molecule has 0 radical (unpaired) electrons. The van der Waals surface area contributed by atoms with Gasteiger partial charge < -0.3 is 10.2 Å². The van der Waals surface area contributed by atoms with E-state index in [4.69, 9.17) is 0 Å². The van der Waals surface area contributed by atoms with Gasteiger partial charge in [-0.15, -0.1) is 0 Å². The van der Waals surface area contributed by atoms with Crippen LogP contribution in [0.15, 0.2) is 24.3 Å². The normalized spacial score (nSPS) is 18.4. The minimum atomic E-state index is -0.159. The Morgan fingerprint density at radius 1 is 1.15 bits per heavy atom. The first kappa shape index (κ1) is 15.5. The van der Waals surface area contributed by atoms with E-state index in [1.807, 2.05) is 12.1 Å². The minimum absolute atomic E-state index is 0.159. The van der Waals surface area contributed by atoms with Gasteiger partial charge in [0.1, 0.15) is 5.82 Å². The summed E-state index contributed by atoms with van der Waals surface area (Å²) in [5.41, 5.74) is 1.52. The second kappa shape index (κ2) is 7.19. The third-order valence-corrected chi connectivity index (χ3v) is 4.68. The SMILES string of the molecule is CNC1(CCN(C)Cc2ccc(F)cc2)CCCCC1. The van der Waals surface area contributed by atoms with E-state index < -0.39 is 0 Å². The number of halogens is 1. The van der Waals surface area contributed by atoms with Crippen LogP contribution in [0, 0.1) is 5.82 Å². The molecule has 1 aromatic rings. The third kappa shape index (κ3) is 4.29. The Bertz CT molecular complexity index is 396. The number of nitrogens with zero attached hydrogens (tertiary/aromatic N) is 1. The molecular weight excluding hydrogens is 251 g/mol. The Kier molecular flexibility index (Phi) is 5.55. The van der Waals surface area contributed by atoms with Crippen molar-refractivity contribution in [3.05, 3.63) is 35.6 Å². The molecular formula is C17H27FN2. The number of benzene rings is 1. The molecule has 1 saturated carbocycles. The molecule has 0 spiro atoms. The van der Waals surface area contributed by atoms with Crippen LogP contribution in [0.2, 0.25) is 0 Å². The third-order valence-electron chi connectivity index (χ3n) is 4.68. The van der Waals surface area contributed by atoms with E-state index in [0.717, 1.165) is 13.1 Å². The average molecular weight is 278 g/mol. The van der Waals surface area contributed by atoms with Crippen molar-refractivity contribution in [2.75, 3.05) is 20.6 Å². The van der Waals surface area contributed by atoms with Crippen LogP contribution in [0.1, 0.15) is 44.1 Å². The Morgan fingerprint density at radius 3 is 2.40 bits per heavy atom. The lowest BCUT2D eigenvalue weighted by atomic mass is 9.79. The first-order valence-electron chi connectivity index (χ1n) is 7.75. The van der Waals surface area contributed by atoms with Crippen LogP contribution in [0.25, 0.3) is 0 Å². The van der Waals surface area contributed by atoms with Gasteiger partial charge in [0.15, 0.2) is 0 Å². The summed E-state index contributed by atoms with van der Waals surface area (Å²) >= 11 is 0. The van der Waals surface area contributed by atoms with Gasteiger partial charge in [-0.1, -0.05) is 31.4 Å². The van der Waals surface area contributed by atoms with Crippen LogP contribution >= 0.6 is 0 Å². The van der Waals surface area contributed by atoms with Gasteiger partial charge in [0, 0.05) is 12.1 Å². The van der Waals surface area contributed by atoms with Crippen molar-refractivity contribution in [3.8, 4) is 0 Å². The van der Waals surface area contributed by atoms with Gasteiger partial charge in [-0.2, -0.15) is 0 Å². The molecule has 0 atom stereocenters. The lowest BCUT2D eigenvalue weighted by Crippen LogP contribution is -2.46. The average Bonchev–Trinajstić information content (AvgIpc) is 2.49. The quantitative estimate of drug-likeness (QED) is 0.856. The fraction of sp³-hybridized carbons (Fsp3) is 0.647. The van der Waals surface area contributed by atoms with Crippen molar-refractivity contribution >= 4 is 0 Å². The van der Waals surface area contributed by atoms with Gasteiger partial charge in [0.05, 0.1) is 0 Å². The van der Waals surface area contributed by atoms with Crippen LogP contribution < -0.4 is 5.32 Å². The van der Waals surface area contributed by atoms with Crippen molar-refractivity contribution in [1.82, 2.24) is 10.2 Å². The summed E-state index contributed by atoms with van der Waals surface area (Å²) in [6.07, 6.45) is 7.88. The predicted octanol–water partition coefficient (Wildman–Crippen LogP) is 3.57. The highest BCUT2D eigenvalue weighted by Crippen LogP contribution is 2.30. The van der Waals surface area contributed by atoms with E-state index in [-0.39, 0.29) is 5.82 Å². The molecule has 1 aliphatic rings. The summed E-state index contributed by atoms with van der Waals surface area (Å²) in [5, 5.41) is 3.57. The minimum Gasteiger partial charge on any atom is -0.314 e. The summed E-state index contributed by atoms with van der Waals surface area (Å²) < 4.78 is 12.9. The molecule has 3 heteroatoms. The summed E-state index contributed by atoms with van der Waals surface area (Å²) in [5.74, 6) is -0.159. The molecule has 0 heterocycles. The molecule has 2 nitrogen and oxygen atoms in total. The Labute approximate surface area is 122 Å². The van der Waals surface area contributed by atoms with Crippen molar-refractivity contribution in [2.24, 2.45) is 0 Å². The number of nitrogens with one attached hydrogen (secondary N) is 1. The molecule has 0 amide bonds. The van der Waals surface area contributed by atoms with Gasteiger partial charge in [-0.3, -0.25) is 0 Å². The lowest BCUT2D eigenvalue weighted by molar-refractivity contribution is 0.194. The highest BCUT2D eigenvalue weighted by molar-refractivity contribution is 5.15. The Morgan fingerprint density at radius 2 is 1.80 bits per heavy atom. The molecule has 20 heavy (non-hydrogen) atoms. The van der Waals surface area contributed by atoms with Gasteiger partial charge in [-0.05, 0) is 57.6 Å². The second-order valence-corrected chi connectivity index (χ2v) is 6.21. The van der Waals surface area contributed by atoms with Crippen LogP contribution in [0.3, 0.4) is 0 Å². The highest BCUT2D eigenvalue weighted by atomic mass is 19.1.